The standard InChI is InChI=1S/C9H10BrFO3/c1-14-8-3-5(10)2-6(11)9(8)7(13)4-12/h2-3,7,12-13H,4H2,1H3. The maximum Gasteiger partial charge on any atom is 0.133 e. The smallest absolute Gasteiger partial charge is 0.133 e. The first kappa shape index (κ1) is 11.4. The van der Waals surface area contributed by atoms with E-state index in [1.807, 2.05) is 0 Å². The Labute approximate surface area is 89.3 Å². The van der Waals surface area contributed by atoms with Gasteiger partial charge in [-0.05, 0) is 12.1 Å². The fourth-order valence-corrected chi connectivity index (χ4v) is 1.55. The number of hydrogen-bond acceptors (Lipinski definition) is 3. The first-order valence-electron chi connectivity index (χ1n) is 3.92. The lowest BCUT2D eigenvalue weighted by molar-refractivity contribution is 0.0902. The zero-order valence-corrected chi connectivity index (χ0v) is 9.08. The second-order valence-electron chi connectivity index (χ2n) is 2.70. The fourth-order valence-electron chi connectivity index (χ4n) is 1.14. The lowest BCUT2D eigenvalue weighted by Crippen LogP contribution is -2.07. The van der Waals surface area contributed by atoms with Gasteiger partial charge in [-0.1, -0.05) is 15.9 Å². The first-order chi connectivity index (χ1) is 6.60. The van der Waals surface area contributed by atoms with Crippen LogP contribution in [0.25, 0.3) is 0 Å². The first-order valence-corrected chi connectivity index (χ1v) is 4.71. The number of ether oxygens (including phenoxy) is 1. The predicted molar refractivity (Wildman–Crippen MR) is 52.7 cm³/mol. The van der Waals surface area contributed by atoms with E-state index in [1.54, 1.807) is 0 Å². The van der Waals surface area contributed by atoms with Crippen LogP contribution < -0.4 is 4.74 Å². The second-order valence-corrected chi connectivity index (χ2v) is 3.62. The number of hydrogen-bond donors (Lipinski definition) is 2. The van der Waals surface area contributed by atoms with Gasteiger partial charge in [0.15, 0.2) is 0 Å². The Morgan fingerprint density at radius 3 is 2.71 bits per heavy atom. The van der Waals surface area contributed by atoms with Crippen molar-refractivity contribution >= 4 is 15.9 Å². The van der Waals surface area contributed by atoms with Crippen molar-refractivity contribution in [2.24, 2.45) is 0 Å². The minimum absolute atomic E-state index is 0.0294. The summed E-state index contributed by atoms with van der Waals surface area (Å²) >= 11 is 3.09. The van der Waals surface area contributed by atoms with Crippen molar-refractivity contribution < 1.29 is 19.3 Å². The normalized spacial score (nSPS) is 12.6. The maximum atomic E-state index is 13.4. The molecular formula is C9H10BrFO3. The van der Waals surface area contributed by atoms with Crippen LogP contribution in [0.5, 0.6) is 5.75 Å². The van der Waals surface area contributed by atoms with Crippen molar-refractivity contribution in [2.75, 3.05) is 13.7 Å². The van der Waals surface area contributed by atoms with Gasteiger partial charge in [0.1, 0.15) is 17.7 Å². The summed E-state index contributed by atoms with van der Waals surface area (Å²) in [4.78, 5) is 0. The fraction of sp³-hybridized carbons (Fsp3) is 0.333. The van der Waals surface area contributed by atoms with Gasteiger partial charge < -0.3 is 14.9 Å². The molecule has 0 spiro atoms. The summed E-state index contributed by atoms with van der Waals surface area (Å²) in [6.45, 7) is -0.547. The Balaban J connectivity index is 3.24. The van der Waals surface area contributed by atoms with Crippen LogP contribution in [-0.2, 0) is 0 Å². The highest BCUT2D eigenvalue weighted by Crippen LogP contribution is 2.31. The average Bonchev–Trinajstić information content (AvgIpc) is 2.15. The van der Waals surface area contributed by atoms with E-state index in [-0.39, 0.29) is 11.3 Å². The number of aliphatic hydroxyl groups excluding tert-OH is 2. The molecule has 1 rings (SSSR count). The summed E-state index contributed by atoms with van der Waals surface area (Å²) in [6, 6.07) is 2.73. The van der Waals surface area contributed by atoms with E-state index in [0.717, 1.165) is 0 Å². The molecule has 0 saturated heterocycles. The molecule has 0 radical (unpaired) electrons. The SMILES string of the molecule is COc1cc(Br)cc(F)c1C(O)CO. The maximum absolute atomic E-state index is 13.4. The molecule has 5 heteroatoms. The number of rotatable bonds is 3. The second kappa shape index (κ2) is 4.72. The molecule has 14 heavy (non-hydrogen) atoms. The van der Waals surface area contributed by atoms with Gasteiger partial charge in [-0.3, -0.25) is 0 Å². The molecule has 1 aromatic carbocycles. The van der Waals surface area contributed by atoms with Crippen LogP contribution in [0.2, 0.25) is 0 Å². The molecule has 0 fully saturated rings. The highest BCUT2D eigenvalue weighted by molar-refractivity contribution is 9.10. The van der Waals surface area contributed by atoms with Crippen molar-refractivity contribution in [3.8, 4) is 5.75 Å². The molecular weight excluding hydrogens is 255 g/mol. The van der Waals surface area contributed by atoms with Crippen LogP contribution in [0.15, 0.2) is 16.6 Å². The van der Waals surface area contributed by atoms with Gasteiger partial charge in [0.05, 0.1) is 19.3 Å². The summed E-state index contributed by atoms with van der Waals surface area (Å²) < 4.78 is 18.8. The van der Waals surface area contributed by atoms with E-state index in [9.17, 15) is 9.50 Å². The molecule has 1 aromatic rings. The van der Waals surface area contributed by atoms with Crippen LogP contribution in [0, 0.1) is 5.82 Å². The van der Waals surface area contributed by atoms with Crippen LogP contribution >= 0.6 is 15.9 Å². The third-order valence-corrected chi connectivity index (χ3v) is 2.24. The Morgan fingerprint density at radius 2 is 2.21 bits per heavy atom. The van der Waals surface area contributed by atoms with Gasteiger partial charge in [-0.25, -0.2) is 4.39 Å². The average molecular weight is 265 g/mol. The van der Waals surface area contributed by atoms with Gasteiger partial charge in [0.25, 0.3) is 0 Å². The summed E-state index contributed by atoms with van der Waals surface area (Å²) in [5.41, 5.74) is -0.0294. The molecule has 1 atom stereocenters. The molecule has 0 aromatic heterocycles. The highest BCUT2D eigenvalue weighted by atomic mass is 79.9. The lowest BCUT2D eigenvalue weighted by Gasteiger charge is -2.13. The van der Waals surface area contributed by atoms with Gasteiger partial charge in [0, 0.05) is 4.47 Å². The lowest BCUT2D eigenvalue weighted by atomic mass is 10.1. The monoisotopic (exact) mass is 264 g/mol. The Kier molecular flexibility index (Phi) is 3.86. The van der Waals surface area contributed by atoms with Gasteiger partial charge in [0.2, 0.25) is 0 Å². The summed E-state index contributed by atoms with van der Waals surface area (Å²) in [5, 5.41) is 18.0. The third-order valence-electron chi connectivity index (χ3n) is 1.78. The molecule has 0 aliphatic heterocycles. The van der Waals surface area contributed by atoms with E-state index in [4.69, 9.17) is 9.84 Å². The topological polar surface area (TPSA) is 49.7 Å². The summed E-state index contributed by atoms with van der Waals surface area (Å²) in [5.74, 6) is -0.406. The van der Waals surface area contributed by atoms with E-state index >= 15 is 0 Å². The van der Waals surface area contributed by atoms with E-state index in [0.29, 0.717) is 4.47 Å². The van der Waals surface area contributed by atoms with E-state index in [1.165, 1.54) is 19.2 Å². The summed E-state index contributed by atoms with van der Waals surface area (Å²) in [6.07, 6.45) is -1.27. The minimum Gasteiger partial charge on any atom is -0.496 e. The van der Waals surface area contributed by atoms with Crippen molar-refractivity contribution in [2.45, 2.75) is 6.10 Å². The molecule has 0 aliphatic carbocycles. The Morgan fingerprint density at radius 1 is 1.57 bits per heavy atom. The van der Waals surface area contributed by atoms with E-state index in [2.05, 4.69) is 15.9 Å². The number of halogens is 2. The Bertz CT molecular complexity index is 330. The van der Waals surface area contributed by atoms with Crippen LogP contribution in [-0.4, -0.2) is 23.9 Å². The molecule has 0 amide bonds. The van der Waals surface area contributed by atoms with E-state index < -0.39 is 18.5 Å². The van der Waals surface area contributed by atoms with Crippen LogP contribution in [0.3, 0.4) is 0 Å². The zero-order chi connectivity index (χ0) is 10.7. The molecule has 2 N–H and O–H groups in total. The minimum atomic E-state index is -1.27. The molecule has 0 aliphatic rings. The molecule has 1 unspecified atom stereocenters. The van der Waals surface area contributed by atoms with Gasteiger partial charge in [-0.15, -0.1) is 0 Å². The number of benzene rings is 1. The van der Waals surface area contributed by atoms with Crippen LogP contribution in [0.1, 0.15) is 11.7 Å². The van der Waals surface area contributed by atoms with Crippen molar-refractivity contribution in [3.05, 3.63) is 28.0 Å². The van der Waals surface area contributed by atoms with Crippen molar-refractivity contribution in [3.63, 3.8) is 0 Å². The molecule has 0 saturated carbocycles. The molecule has 78 valence electrons. The zero-order valence-electron chi connectivity index (χ0n) is 7.50. The van der Waals surface area contributed by atoms with Crippen molar-refractivity contribution in [1.29, 1.82) is 0 Å². The molecule has 0 bridgehead atoms. The molecule has 3 nitrogen and oxygen atoms in total. The quantitative estimate of drug-likeness (QED) is 0.873. The van der Waals surface area contributed by atoms with Crippen LogP contribution in [0.4, 0.5) is 4.39 Å². The van der Waals surface area contributed by atoms with Gasteiger partial charge >= 0.3 is 0 Å². The highest BCUT2D eigenvalue weighted by Gasteiger charge is 2.18. The number of aliphatic hydroxyl groups is 2. The Hall–Kier alpha value is -0.650. The summed E-state index contributed by atoms with van der Waals surface area (Å²) in [7, 11) is 1.37. The largest absolute Gasteiger partial charge is 0.496 e. The predicted octanol–water partition coefficient (Wildman–Crippen LogP) is 1.62. The number of methoxy groups -OCH3 is 1. The molecule has 0 heterocycles. The third kappa shape index (κ3) is 2.23. The van der Waals surface area contributed by atoms with Gasteiger partial charge in [-0.2, -0.15) is 0 Å². The van der Waals surface area contributed by atoms with Crippen molar-refractivity contribution in [1.82, 2.24) is 0 Å².